The SMILES string of the molecule is Nc1ccn(C2OC(COP(=O)(O)OP(=O)(O)OP(=O)(O)O)=CC2O)c(=O)n1. The van der Waals surface area contributed by atoms with E-state index < -0.39 is 48.1 Å². The van der Waals surface area contributed by atoms with Crippen molar-refractivity contribution in [2.45, 2.75) is 12.3 Å². The summed E-state index contributed by atoms with van der Waals surface area (Å²) < 4.78 is 50.8. The minimum absolute atomic E-state index is 0.0745. The Labute approximate surface area is 155 Å². The largest absolute Gasteiger partial charge is 0.490 e. The van der Waals surface area contributed by atoms with Crippen molar-refractivity contribution < 1.29 is 56.3 Å². The second-order valence-corrected chi connectivity index (χ2v) is 9.46. The van der Waals surface area contributed by atoms with E-state index in [-0.39, 0.29) is 11.6 Å². The van der Waals surface area contributed by atoms with Crippen LogP contribution in [0.2, 0.25) is 0 Å². The van der Waals surface area contributed by atoms with Gasteiger partial charge in [0.15, 0.2) is 0 Å². The molecule has 158 valence electrons. The Morgan fingerprint density at radius 1 is 1.18 bits per heavy atom. The van der Waals surface area contributed by atoms with Crippen LogP contribution < -0.4 is 11.4 Å². The van der Waals surface area contributed by atoms with Crippen molar-refractivity contribution >= 4 is 29.3 Å². The van der Waals surface area contributed by atoms with Gasteiger partial charge in [-0.2, -0.15) is 13.6 Å². The number of rotatable bonds is 8. The molecule has 0 fully saturated rings. The van der Waals surface area contributed by atoms with Gasteiger partial charge in [-0.05, 0) is 12.1 Å². The van der Waals surface area contributed by atoms with Crippen LogP contribution in [0.25, 0.3) is 0 Å². The summed E-state index contributed by atoms with van der Waals surface area (Å²) >= 11 is 0. The van der Waals surface area contributed by atoms with E-state index in [4.69, 9.17) is 25.2 Å². The predicted octanol–water partition coefficient (Wildman–Crippen LogP) is -1.06. The van der Waals surface area contributed by atoms with Crippen LogP contribution in [0.1, 0.15) is 6.23 Å². The summed E-state index contributed by atoms with van der Waals surface area (Å²) in [6.45, 7) is -0.894. The lowest BCUT2D eigenvalue weighted by molar-refractivity contribution is -0.0103. The number of hydrogen-bond donors (Lipinski definition) is 6. The third kappa shape index (κ3) is 6.58. The van der Waals surface area contributed by atoms with Gasteiger partial charge in [0, 0.05) is 6.20 Å². The number of aliphatic hydroxyl groups is 1. The van der Waals surface area contributed by atoms with Gasteiger partial charge in [-0.1, -0.05) is 0 Å². The fourth-order valence-corrected chi connectivity index (χ4v) is 4.89. The third-order valence-electron chi connectivity index (χ3n) is 2.83. The molecule has 0 saturated heterocycles. The molecule has 0 spiro atoms. The number of nitrogen functional groups attached to an aromatic ring is 1. The molecule has 0 amide bonds. The summed E-state index contributed by atoms with van der Waals surface area (Å²) in [7, 11) is -16.5. The standard InChI is InChI=1S/C9H14N3O13P3/c10-7-1-2-12(9(14)11-7)8-6(13)3-5(23-8)4-22-27(18,19)25-28(20,21)24-26(15,16)17/h1-3,6,8,13H,4H2,(H,18,19)(H,20,21)(H2,10,11,14)(H2,15,16,17). The molecular formula is C9H14N3O13P3. The van der Waals surface area contributed by atoms with Gasteiger partial charge in [-0.3, -0.25) is 9.09 Å². The van der Waals surface area contributed by atoms with Crippen LogP contribution in [0, 0.1) is 0 Å². The Balaban J connectivity index is 2.00. The van der Waals surface area contributed by atoms with Gasteiger partial charge in [-0.15, -0.1) is 0 Å². The van der Waals surface area contributed by atoms with E-state index in [1.54, 1.807) is 0 Å². The van der Waals surface area contributed by atoms with Gasteiger partial charge in [0.05, 0.1) is 0 Å². The van der Waals surface area contributed by atoms with E-state index in [2.05, 4.69) is 18.1 Å². The molecule has 2 rings (SSSR count). The summed E-state index contributed by atoms with van der Waals surface area (Å²) in [6.07, 6.45) is -0.529. The van der Waals surface area contributed by atoms with Gasteiger partial charge in [-0.25, -0.2) is 18.5 Å². The first-order valence-electron chi connectivity index (χ1n) is 6.86. The lowest BCUT2D eigenvalue weighted by Crippen LogP contribution is -2.32. The van der Waals surface area contributed by atoms with E-state index in [0.717, 1.165) is 10.6 Å². The smallest absolute Gasteiger partial charge is 0.469 e. The average molecular weight is 465 g/mol. The Morgan fingerprint density at radius 3 is 2.39 bits per heavy atom. The molecule has 28 heavy (non-hydrogen) atoms. The molecule has 2 heterocycles. The van der Waals surface area contributed by atoms with Crippen molar-refractivity contribution in [3.63, 3.8) is 0 Å². The van der Waals surface area contributed by atoms with Crippen LogP contribution in [0.3, 0.4) is 0 Å². The number of phosphoric acid groups is 3. The van der Waals surface area contributed by atoms with E-state index in [1.807, 2.05) is 0 Å². The molecule has 7 N–H and O–H groups in total. The monoisotopic (exact) mass is 465 g/mol. The zero-order chi connectivity index (χ0) is 21.3. The first kappa shape index (κ1) is 22.9. The Kier molecular flexibility index (Phi) is 6.65. The Hall–Kier alpha value is -1.41. The molecule has 16 nitrogen and oxygen atoms in total. The molecule has 0 saturated carbocycles. The van der Waals surface area contributed by atoms with Crippen molar-refractivity contribution in [1.82, 2.24) is 9.55 Å². The van der Waals surface area contributed by atoms with Crippen LogP contribution >= 0.6 is 23.5 Å². The predicted molar refractivity (Wildman–Crippen MR) is 86.9 cm³/mol. The fraction of sp³-hybridized carbons (Fsp3) is 0.333. The van der Waals surface area contributed by atoms with Crippen LogP contribution in [0.4, 0.5) is 5.82 Å². The zero-order valence-electron chi connectivity index (χ0n) is 13.4. The number of hydrogen-bond acceptors (Lipinski definition) is 11. The van der Waals surface area contributed by atoms with Crippen LogP contribution in [0.5, 0.6) is 0 Å². The highest BCUT2D eigenvalue weighted by Crippen LogP contribution is 2.66. The molecule has 1 aliphatic rings. The van der Waals surface area contributed by atoms with Crippen molar-refractivity contribution in [3.8, 4) is 0 Å². The third-order valence-corrected chi connectivity index (χ3v) is 6.62. The Morgan fingerprint density at radius 2 is 1.82 bits per heavy atom. The Bertz CT molecular complexity index is 969. The van der Waals surface area contributed by atoms with Crippen molar-refractivity contribution in [2.75, 3.05) is 12.3 Å². The second-order valence-electron chi connectivity index (χ2n) is 5.04. The maximum absolute atomic E-state index is 11.8. The van der Waals surface area contributed by atoms with Crippen LogP contribution in [-0.2, 0) is 31.6 Å². The van der Waals surface area contributed by atoms with Crippen LogP contribution in [0.15, 0.2) is 28.9 Å². The summed E-state index contributed by atoms with van der Waals surface area (Å²) in [5.74, 6) is -0.350. The highest BCUT2D eigenvalue weighted by atomic mass is 31.3. The number of ether oxygens (including phenoxy) is 1. The molecule has 0 radical (unpaired) electrons. The molecule has 19 heteroatoms. The van der Waals surface area contributed by atoms with Gasteiger partial charge in [0.25, 0.3) is 0 Å². The minimum atomic E-state index is -5.66. The maximum Gasteiger partial charge on any atom is 0.490 e. The molecule has 1 aliphatic heterocycles. The number of aromatic nitrogens is 2. The first-order valence-corrected chi connectivity index (χ1v) is 11.4. The van der Waals surface area contributed by atoms with Crippen molar-refractivity contribution in [2.24, 2.45) is 0 Å². The molecule has 4 unspecified atom stereocenters. The van der Waals surface area contributed by atoms with Gasteiger partial charge < -0.3 is 35.2 Å². The second kappa shape index (κ2) is 8.14. The number of nitrogens with zero attached hydrogens (tertiary/aromatic N) is 2. The molecule has 0 bridgehead atoms. The minimum Gasteiger partial charge on any atom is -0.469 e. The maximum atomic E-state index is 11.8. The average Bonchev–Trinajstić information content (AvgIpc) is 2.82. The van der Waals surface area contributed by atoms with E-state index >= 15 is 0 Å². The van der Waals surface area contributed by atoms with Gasteiger partial charge in [0.2, 0.25) is 6.23 Å². The molecule has 1 aromatic heterocycles. The molecule has 0 aromatic carbocycles. The normalized spacial score (nSPS) is 24.1. The van der Waals surface area contributed by atoms with E-state index in [0.29, 0.717) is 0 Å². The quantitative estimate of drug-likeness (QED) is 0.250. The fourth-order valence-electron chi connectivity index (χ4n) is 1.91. The molecule has 0 aliphatic carbocycles. The summed E-state index contributed by atoms with van der Waals surface area (Å²) in [4.78, 5) is 50.4. The molecular weight excluding hydrogens is 451 g/mol. The van der Waals surface area contributed by atoms with E-state index in [9.17, 15) is 28.5 Å². The van der Waals surface area contributed by atoms with Crippen molar-refractivity contribution in [3.05, 3.63) is 34.6 Å². The molecule has 4 atom stereocenters. The van der Waals surface area contributed by atoms with Gasteiger partial charge in [0.1, 0.15) is 24.3 Å². The van der Waals surface area contributed by atoms with Crippen molar-refractivity contribution in [1.29, 1.82) is 0 Å². The number of anilines is 1. The van der Waals surface area contributed by atoms with Crippen LogP contribution in [-0.4, -0.2) is 46.9 Å². The molecule has 1 aromatic rings. The summed E-state index contributed by atoms with van der Waals surface area (Å²) in [5, 5.41) is 9.92. The lowest BCUT2D eigenvalue weighted by Gasteiger charge is -2.19. The topological polar surface area (TPSA) is 250 Å². The summed E-state index contributed by atoms with van der Waals surface area (Å²) in [5.41, 5.74) is 4.48. The van der Waals surface area contributed by atoms with E-state index in [1.165, 1.54) is 12.3 Å². The zero-order valence-corrected chi connectivity index (χ0v) is 16.1. The summed E-state index contributed by atoms with van der Waals surface area (Å²) in [6, 6.07) is 1.25. The first-order chi connectivity index (χ1) is 12.7. The lowest BCUT2D eigenvalue weighted by atomic mass is 10.3. The number of aliphatic hydroxyl groups excluding tert-OH is 1. The highest BCUT2D eigenvalue weighted by Gasteiger charge is 2.41. The highest BCUT2D eigenvalue weighted by molar-refractivity contribution is 7.66. The number of phosphoric ester groups is 1. The van der Waals surface area contributed by atoms with Gasteiger partial charge >= 0.3 is 29.2 Å². The number of nitrogens with two attached hydrogens (primary N) is 1.